The van der Waals surface area contributed by atoms with E-state index in [2.05, 4.69) is 5.16 Å². The molecule has 7 heteroatoms. The van der Waals surface area contributed by atoms with Gasteiger partial charge >= 0.3 is 0 Å². The van der Waals surface area contributed by atoms with Gasteiger partial charge in [-0.25, -0.2) is 4.39 Å². The van der Waals surface area contributed by atoms with E-state index in [0.29, 0.717) is 37.6 Å². The van der Waals surface area contributed by atoms with E-state index in [0.717, 1.165) is 5.56 Å². The number of nitriles is 1. The van der Waals surface area contributed by atoms with Gasteiger partial charge in [-0.05, 0) is 12.1 Å². The van der Waals surface area contributed by atoms with Crippen molar-refractivity contribution in [3.05, 3.63) is 71.7 Å². The fourth-order valence-corrected chi connectivity index (χ4v) is 3.31. The molecule has 1 amide bonds. The molecule has 6 nitrogen and oxygen atoms in total. The van der Waals surface area contributed by atoms with Crippen molar-refractivity contribution in [1.29, 1.82) is 5.26 Å². The number of amides is 1. The van der Waals surface area contributed by atoms with Crippen LogP contribution in [-0.4, -0.2) is 42.1 Å². The van der Waals surface area contributed by atoms with Gasteiger partial charge in [-0.3, -0.25) is 4.79 Å². The van der Waals surface area contributed by atoms with Gasteiger partial charge in [-0.2, -0.15) is 5.26 Å². The van der Waals surface area contributed by atoms with Crippen molar-refractivity contribution in [3.63, 3.8) is 0 Å². The van der Waals surface area contributed by atoms with Crippen LogP contribution in [0.1, 0.15) is 16.1 Å². The van der Waals surface area contributed by atoms with Gasteiger partial charge in [0.05, 0.1) is 5.69 Å². The first-order valence-corrected chi connectivity index (χ1v) is 8.92. The fourth-order valence-electron chi connectivity index (χ4n) is 3.31. The maximum Gasteiger partial charge on any atom is 0.292 e. The van der Waals surface area contributed by atoms with Crippen LogP contribution in [0.4, 0.5) is 10.1 Å². The number of rotatable bonds is 3. The molecule has 140 valence electrons. The number of anilines is 1. The number of hydrogen-bond acceptors (Lipinski definition) is 5. The third kappa shape index (κ3) is 3.32. The minimum atomic E-state index is -0.534. The maximum absolute atomic E-state index is 13.8. The zero-order valence-corrected chi connectivity index (χ0v) is 15.0. The van der Waals surface area contributed by atoms with Gasteiger partial charge in [-0.15, -0.1) is 0 Å². The van der Waals surface area contributed by atoms with Crippen LogP contribution in [0.2, 0.25) is 0 Å². The minimum absolute atomic E-state index is 0.0324. The van der Waals surface area contributed by atoms with Crippen molar-refractivity contribution in [2.75, 3.05) is 31.1 Å². The van der Waals surface area contributed by atoms with E-state index in [4.69, 9.17) is 4.52 Å². The van der Waals surface area contributed by atoms with Crippen molar-refractivity contribution in [3.8, 4) is 17.3 Å². The summed E-state index contributed by atoms with van der Waals surface area (Å²) >= 11 is 0. The Kier molecular flexibility index (Phi) is 4.77. The number of hydrogen-bond donors (Lipinski definition) is 0. The quantitative estimate of drug-likeness (QED) is 0.701. The highest BCUT2D eigenvalue weighted by molar-refractivity contribution is 5.92. The molecule has 0 radical (unpaired) electrons. The molecule has 1 aliphatic rings. The number of benzene rings is 2. The van der Waals surface area contributed by atoms with Gasteiger partial charge in [0.25, 0.3) is 5.91 Å². The summed E-state index contributed by atoms with van der Waals surface area (Å²) in [5.74, 6) is -0.571. The first kappa shape index (κ1) is 17.7. The van der Waals surface area contributed by atoms with Crippen LogP contribution in [0.15, 0.2) is 59.1 Å². The van der Waals surface area contributed by atoms with E-state index in [1.165, 1.54) is 6.07 Å². The Balaban J connectivity index is 1.45. The smallest absolute Gasteiger partial charge is 0.292 e. The Hall–Kier alpha value is -3.66. The number of carbonyl (C=O) groups excluding carboxylic acids is 1. The van der Waals surface area contributed by atoms with E-state index in [1.807, 2.05) is 41.3 Å². The molecule has 0 atom stereocenters. The van der Waals surface area contributed by atoms with Gasteiger partial charge in [0.1, 0.15) is 23.1 Å². The minimum Gasteiger partial charge on any atom is -0.367 e. The highest BCUT2D eigenvalue weighted by Crippen LogP contribution is 2.25. The Morgan fingerprint density at radius 1 is 1.07 bits per heavy atom. The standard InChI is InChI=1S/C21H17FN4O2/c22-17-7-4-8-19(16(17)14-23)25-9-11-26(12-10-25)21(27)20-13-18(24-28-20)15-5-2-1-3-6-15/h1-8,13H,9-12H2. The topological polar surface area (TPSA) is 73.4 Å². The molecule has 1 aromatic heterocycles. The van der Waals surface area contributed by atoms with Crippen LogP contribution in [0.25, 0.3) is 11.3 Å². The lowest BCUT2D eigenvalue weighted by Gasteiger charge is -2.36. The first-order chi connectivity index (χ1) is 13.7. The fraction of sp³-hybridized carbons (Fsp3) is 0.190. The molecule has 0 spiro atoms. The van der Waals surface area contributed by atoms with Crippen LogP contribution in [-0.2, 0) is 0 Å². The molecule has 1 saturated heterocycles. The zero-order valence-electron chi connectivity index (χ0n) is 15.0. The lowest BCUT2D eigenvalue weighted by Crippen LogP contribution is -2.49. The monoisotopic (exact) mass is 376 g/mol. The summed E-state index contributed by atoms with van der Waals surface area (Å²) in [7, 11) is 0. The highest BCUT2D eigenvalue weighted by atomic mass is 19.1. The molecule has 4 rings (SSSR count). The SMILES string of the molecule is N#Cc1c(F)cccc1N1CCN(C(=O)c2cc(-c3ccccc3)no2)CC1. The van der Waals surface area contributed by atoms with Crippen molar-refractivity contribution >= 4 is 11.6 Å². The Morgan fingerprint density at radius 3 is 2.54 bits per heavy atom. The highest BCUT2D eigenvalue weighted by Gasteiger charge is 2.26. The van der Waals surface area contributed by atoms with Gasteiger partial charge in [0.2, 0.25) is 5.76 Å². The van der Waals surface area contributed by atoms with Crippen LogP contribution in [0, 0.1) is 17.1 Å². The predicted molar refractivity (Wildman–Crippen MR) is 101 cm³/mol. The van der Waals surface area contributed by atoms with Crippen LogP contribution in [0.3, 0.4) is 0 Å². The number of halogens is 1. The van der Waals surface area contributed by atoms with Gasteiger partial charge in [0.15, 0.2) is 0 Å². The summed E-state index contributed by atoms with van der Waals surface area (Å²) in [5, 5.41) is 13.2. The van der Waals surface area contributed by atoms with Crippen molar-refractivity contribution in [2.24, 2.45) is 0 Å². The van der Waals surface area contributed by atoms with E-state index in [9.17, 15) is 14.4 Å². The van der Waals surface area contributed by atoms with E-state index in [-0.39, 0.29) is 17.2 Å². The predicted octanol–water partition coefficient (Wildman–Crippen LogP) is 3.31. The second-order valence-corrected chi connectivity index (χ2v) is 6.47. The molecule has 0 saturated carbocycles. The summed E-state index contributed by atoms with van der Waals surface area (Å²) in [5.41, 5.74) is 2.08. The summed E-state index contributed by atoms with van der Waals surface area (Å²) < 4.78 is 19.1. The molecule has 1 aliphatic heterocycles. The summed E-state index contributed by atoms with van der Waals surface area (Å²) in [6.07, 6.45) is 0. The van der Waals surface area contributed by atoms with Crippen LogP contribution in [0.5, 0.6) is 0 Å². The molecule has 0 bridgehead atoms. The molecule has 28 heavy (non-hydrogen) atoms. The molecule has 2 aromatic carbocycles. The second kappa shape index (κ2) is 7.53. The average molecular weight is 376 g/mol. The van der Waals surface area contributed by atoms with Crippen molar-refractivity contribution < 1.29 is 13.7 Å². The molecular formula is C21H17FN4O2. The summed E-state index contributed by atoms with van der Waals surface area (Å²) in [6.45, 7) is 1.90. The molecule has 0 aliphatic carbocycles. The molecule has 0 unspecified atom stereocenters. The summed E-state index contributed by atoms with van der Waals surface area (Å²) in [6, 6.07) is 17.6. The molecule has 2 heterocycles. The zero-order chi connectivity index (χ0) is 19.5. The number of nitrogens with zero attached hydrogens (tertiary/aromatic N) is 4. The molecular weight excluding hydrogens is 359 g/mol. The van der Waals surface area contributed by atoms with Crippen LogP contribution >= 0.6 is 0 Å². The maximum atomic E-state index is 13.8. The molecule has 3 aromatic rings. The second-order valence-electron chi connectivity index (χ2n) is 6.47. The van der Waals surface area contributed by atoms with E-state index in [1.54, 1.807) is 23.1 Å². The average Bonchev–Trinajstić information content (AvgIpc) is 3.24. The van der Waals surface area contributed by atoms with Crippen molar-refractivity contribution in [1.82, 2.24) is 10.1 Å². The normalized spacial score (nSPS) is 14.0. The van der Waals surface area contributed by atoms with E-state index >= 15 is 0 Å². The number of piperazine rings is 1. The third-order valence-electron chi connectivity index (χ3n) is 4.80. The Labute approximate surface area is 161 Å². The van der Waals surface area contributed by atoms with Gasteiger partial charge in [-0.1, -0.05) is 41.6 Å². The first-order valence-electron chi connectivity index (χ1n) is 8.92. The van der Waals surface area contributed by atoms with E-state index < -0.39 is 5.82 Å². The number of aromatic nitrogens is 1. The van der Waals surface area contributed by atoms with Gasteiger partial charge in [0, 0.05) is 37.8 Å². The third-order valence-corrected chi connectivity index (χ3v) is 4.80. The lowest BCUT2D eigenvalue weighted by molar-refractivity contribution is 0.0705. The van der Waals surface area contributed by atoms with Gasteiger partial charge < -0.3 is 14.3 Å². The lowest BCUT2D eigenvalue weighted by atomic mass is 10.1. The largest absolute Gasteiger partial charge is 0.367 e. The Morgan fingerprint density at radius 2 is 1.82 bits per heavy atom. The molecule has 0 N–H and O–H groups in total. The van der Waals surface area contributed by atoms with Crippen molar-refractivity contribution in [2.45, 2.75) is 0 Å². The Bertz CT molecular complexity index is 1030. The summed E-state index contributed by atoms with van der Waals surface area (Å²) in [4.78, 5) is 16.3. The van der Waals surface area contributed by atoms with Crippen LogP contribution < -0.4 is 4.90 Å². The number of carbonyl (C=O) groups is 1. The molecule has 1 fully saturated rings.